The van der Waals surface area contributed by atoms with Gasteiger partial charge in [0, 0.05) is 18.0 Å². The van der Waals surface area contributed by atoms with Crippen LogP contribution in [-0.2, 0) is 11.2 Å². The summed E-state index contributed by atoms with van der Waals surface area (Å²) in [6, 6.07) is 5.63. The van der Waals surface area contributed by atoms with E-state index in [2.05, 4.69) is 36.4 Å². The zero-order valence-corrected chi connectivity index (χ0v) is 14.3. The number of anilines is 1. The van der Waals surface area contributed by atoms with Crippen LogP contribution >= 0.6 is 0 Å². The number of nitrogens with one attached hydrogen (secondary N) is 2. The Kier molecular flexibility index (Phi) is 4.15. The first-order valence-corrected chi connectivity index (χ1v) is 8.23. The van der Waals surface area contributed by atoms with E-state index in [1.165, 1.54) is 0 Å². The van der Waals surface area contributed by atoms with Gasteiger partial charge in [0.2, 0.25) is 5.91 Å². The van der Waals surface area contributed by atoms with Gasteiger partial charge >= 0.3 is 0 Å². The first-order chi connectivity index (χ1) is 10.8. The number of hydrogen-bond donors (Lipinski definition) is 2. The fraction of sp³-hybridized carbons (Fsp3) is 0.556. The number of nitrogens with zero attached hydrogens (tertiary/aromatic N) is 1. The summed E-state index contributed by atoms with van der Waals surface area (Å²) in [5, 5.41) is 6.20. The Labute approximate surface area is 136 Å². The Balaban J connectivity index is 1.73. The van der Waals surface area contributed by atoms with Gasteiger partial charge in [0.15, 0.2) is 11.5 Å². The predicted octanol–water partition coefficient (Wildman–Crippen LogP) is 3.21. The van der Waals surface area contributed by atoms with Gasteiger partial charge in [-0.1, -0.05) is 27.7 Å². The molecule has 1 aromatic carbocycles. The fourth-order valence-corrected chi connectivity index (χ4v) is 2.72. The van der Waals surface area contributed by atoms with Gasteiger partial charge in [0.05, 0.1) is 0 Å². The average Bonchev–Trinajstić information content (AvgIpc) is 2.75. The summed E-state index contributed by atoms with van der Waals surface area (Å²) in [5.74, 6) is 1.25. The quantitative estimate of drug-likeness (QED) is 0.909. The lowest BCUT2D eigenvalue weighted by Crippen LogP contribution is -2.48. The Bertz CT molecular complexity index is 711. The third-order valence-corrected chi connectivity index (χ3v) is 4.31. The lowest BCUT2D eigenvalue weighted by molar-refractivity contribution is -0.121. The topological polar surface area (TPSA) is 67.2 Å². The van der Waals surface area contributed by atoms with Crippen LogP contribution in [0.5, 0.6) is 0 Å². The van der Waals surface area contributed by atoms with Crippen LogP contribution in [0.25, 0.3) is 11.1 Å². The van der Waals surface area contributed by atoms with Crippen molar-refractivity contribution in [2.24, 2.45) is 17.3 Å². The summed E-state index contributed by atoms with van der Waals surface area (Å²) in [7, 11) is 0. The van der Waals surface area contributed by atoms with Crippen molar-refractivity contribution in [2.75, 3.05) is 18.4 Å². The van der Waals surface area contributed by atoms with Gasteiger partial charge in [-0.15, -0.1) is 0 Å². The number of carbonyl (C=O) groups excluding carboxylic acids is 1. The molecule has 1 aromatic heterocycles. The van der Waals surface area contributed by atoms with Crippen LogP contribution in [0.3, 0.4) is 0 Å². The van der Waals surface area contributed by atoms with Crippen molar-refractivity contribution in [2.45, 2.75) is 34.1 Å². The zero-order chi connectivity index (χ0) is 16.6. The highest BCUT2D eigenvalue weighted by atomic mass is 16.3. The molecule has 1 amide bonds. The molecule has 5 nitrogen and oxygen atoms in total. The molecule has 0 radical (unpaired) electrons. The van der Waals surface area contributed by atoms with Crippen molar-refractivity contribution < 1.29 is 9.21 Å². The van der Waals surface area contributed by atoms with E-state index in [-0.39, 0.29) is 17.2 Å². The summed E-state index contributed by atoms with van der Waals surface area (Å²) in [6.45, 7) is 10.3. The molecule has 2 heterocycles. The molecule has 0 aliphatic carbocycles. The molecule has 3 rings (SSSR count). The number of fused-ring (bicyclic) bond motifs is 1. The summed E-state index contributed by atoms with van der Waals surface area (Å²) >= 11 is 0. The van der Waals surface area contributed by atoms with Crippen molar-refractivity contribution >= 4 is 22.7 Å². The molecule has 0 saturated carbocycles. The molecule has 124 valence electrons. The van der Waals surface area contributed by atoms with Crippen LogP contribution in [0.2, 0.25) is 0 Å². The van der Waals surface area contributed by atoms with Crippen LogP contribution in [-0.4, -0.2) is 24.0 Å². The molecule has 1 aliphatic heterocycles. The Morgan fingerprint density at radius 2 is 2.17 bits per heavy atom. The van der Waals surface area contributed by atoms with E-state index in [1.807, 2.05) is 25.1 Å². The maximum atomic E-state index is 12.3. The van der Waals surface area contributed by atoms with E-state index in [9.17, 15) is 4.79 Å². The molecule has 2 aromatic rings. The lowest BCUT2D eigenvalue weighted by atomic mass is 9.88. The van der Waals surface area contributed by atoms with Crippen molar-refractivity contribution in [1.29, 1.82) is 0 Å². The molecular weight excluding hydrogens is 290 g/mol. The SMILES string of the molecule is CC(C(=O)Nc1ccc2oc(CC(C)(C)C)nc2c1)C1CNC1. The number of hydrogen-bond acceptors (Lipinski definition) is 4. The molecule has 1 unspecified atom stereocenters. The number of oxazole rings is 1. The smallest absolute Gasteiger partial charge is 0.227 e. The largest absolute Gasteiger partial charge is 0.441 e. The molecule has 1 aliphatic rings. The predicted molar refractivity (Wildman–Crippen MR) is 91.3 cm³/mol. The standard InChI is InChI=1S/C18H25N3O2/c1-11(12-9-19-10-12)17(22)20-13-5-6-15-14(7-13)21-16(23-15)8-18(2,3)4/h5-7,11-12,19H,8-10H2,1-4H3,(H,20,22). The van der Waals surface area contributed by atoms with Crippen molar-refractivity contribution in [3.63, 3.8) is 0 Å². The minimum Gasteiger partial charge on any atom is -0.441 e. The minimum atomic E-state index is 0.0145. The van der Waals surface area contributed by atoms with Crippen molar-refractivity contribution in [3.05, 3.63) is 24.1 Å². The number of amides is 1. The average molecular weight is 315 g/mol. The summed E-state index contributed by atoms with van der Waals surface area (Å²) in [4.78, 5) is 16.8. The second kappa shape index (κ2) is 5.96. The van der Waals surface area contributed by atoms with Crippen LogP contribution in [0.4, 0.5) is 5.69 Å². The Morgan fingerprint density at radius 3 is 2.78 bits per heavy atom. The zero-order valence-electron chi connectivity index (χ0n) is 14.3. The van der Waals surface area contributed by atoms with Crippen LogP contribution < -0.4 is 10.6 Å². The van der Waals surface area contributed by atoms with Gasteiger partial charge in [-0.25, -0.2) is 4.98 Å². The van der Waals surface area contributed by atoms with Crippen molar-refractivity contribution in [1.82, 2.24) is 10.3 Å². The molecule has 1 saturated heterocycles. The summed E-state index contributed by atoms with van der Waals surface area (Å²) < 4.78 is 5.78. The fourth-order valence-electron chi connectivity index (χ4n) is 2.72. The van der Waals surface area contributed by atoms with E-state index in [4.69, 9.17) is 4.42 Å². The molecule has 1 fully saturated rings. The highest BCUT2D eigenvalue weighted by molar-refractivity contribution is 5.94. The van der Waals surface area contributed by atoms with Crippen LogP contribution in [0.15, 0.2) is 22.6 Å². The molecule has 23 heavy (non-hydrogen) atoms. The van der Waals surface area contributed by atoms with Gasteiger partial charge in [-0.05, 0) is 42.6 Å². The monoisotopic (exact) mass is 315 g/mol. The minimum absolute atomic E-state index is 0.0145. The van der Waals surface area contributed by atoms with E-state index < -0.39 is 0 Å². The third kappa shape index (κ3) is 3.72. The molecule has 5 heteroatoms. The van der Waals surface area contributed by atoms with Crippen LogP contribution in [0.1, 0.15) is 33.6 Å². The number of carbonyl (C=O) groups is 1. The second-order valence-electron chi connectivity index (χ2n) is 7.72. The van der Waals surface area contributed by atoms with Crippen LogP contribution in [0, 0.1) is 17.3 Å². The van der Waals surface area contributed by atoms with Gasteiger partial charge in [0.25, 0.3) is 0 Å². The van der Waals surface area contributed by atoms with Gasteiger partial charge in [-0.2, -0.15) is 0 Å². The summed E-state index contributed by atoms with van der Waals surface area (Å²) in [5.41, 5.74) is 2.46. The van der Waals surface area contributed by atoms with E-state index in [0.29, 0.717) is 5.92 Å². The first-order valence-electron chi connectivity index (χ1n) is 8.23. The highest BCUT2D eigenvalue weighted by Gasteiger charge is 2.28. The lowest BCUT2D eigenvalue weighted by Gasteiger charge is -2.31. The van der Waals surface area contributed by atoms with Gasteiger partial charge < -0.3 is 15.1 Å². The number of rotatable bonds is 4. The normalized spacial score (nSPS) is 17.0. The summed E-state index contributed by atoms with van der Waals surface area (Å²) in [6.07, 6.45) is 0.787. The van der Waals surface area contributed by atoms with E-state index in [1.54, 1.807) is 0 Å². The van der Waals surface area contributed by atoms with Gasteiger partial charge in [-0.3, -0.25) is 4.79 Å². The molecule has 2 N–H and O–H groups in total. The van der Waals surface area contributed by atoms with E-state index in [0.717, 1.165) is 42.2 Å². The van der Waals surface area contributed by atoms with E-state index >= 15 is 0 Å². The Morgan fingerprint density at radius 1 is 1.43 bits per heavy atom. The molecular formula is C18H25N3O2. The maximum absolute atomic E-state index is 12.3. The second-order valence-corrected chi connectivity index (χ2v) is 7.72. The third-order valence-electron chi connectivity index (χ3n) is 4.31. The highest BCUT2D eigenvalue weighted by Crippen LogP contribution is 2.26. The van der Waals surface area contributed by atoms with Gasteiger partial charge in [0.1, 0.15) is 5.52 Å². The Hall–Kier alpha value is -1.88. The first kappa shape index (κ1) is 16.0. The number of aromatic nitrogens is 1. The molecule has 0 spiro atoms. The van der Waals surface area contributed by atoms with Crippen molar-refractivity contribution in [3.8, 4) is 0 Å². The molecule has 0 bridgehead atoms. The number of benzene rings is 1. The maximum Gasteiger partial charge on any atom is 0.227 e. The molecule has 1 atom stereocenters.